The standard InChI is InChI=1S/C28H21NO2S2/c1-17(30)32-23-9-3-19(4-10-23)21-7-13-25-26-14-8-22(16-28(26)29-27(25)15-21)20-5-11-24(12-6-20)33-18(2)31/h3-16,29H,1-2H3/i/hD. The van der Waals surface area contributed by atoms with E-state index in [0.29, 0.717) is 0 Å². The summed E-state index contributed by atoms with van der Waals surface area (Å²) in [5.74, 6) is 0. The first kappa shape index (κ1) is 20.3. The third-order valence-corrected chi connectivity index (χ3v) is 7.02. The van der Waals surface area contributed by atoms with Gasteiger partial charge < -0.3 is 4.98 Å². The maximum absolute atomic E-state index is 11.3. The van der Waals surface area contributed by atoms with E-state index in [0.717, 1.165) is 53.9 Å². The van der Waals surface area contributed by atoms with Crippen molar-refractivity contribution in [3.63, 3.8) is 0 Å². The van der Waals surface area contributed by atoms with Gasteiger partial charge in [0.25, 0.3) is 0 Å². The zero-order chi connectivity index (χ0) is 23.8. The van der Waals surface area contributed by atoms with Crippen molar-refractivity contribution in [1.82, 2.24) is 4.98 Å². The van der Waals surface area contributed by atoms with Gasteiger partial charge in [0.05, 0.1) is 0 Å². The molecule has 0 atom stereocenters. The SMILES string of the molecule is [2H]n1c2cc(-c3ccc(SC(C)=O)cc3)ccc2c2ccc(-c3ccc(SC(C)=O)cc3)cc21. The van der Waals surface area contributed by atoms with Crippen LogP contribution in [-0.4, -0.2) is 15.2 Å². The first-order valence-corrected chi connectivity index (χ1v) is 12.2. The third kappa shape index (κ3) is 4.61. The smallest absolute Gasteiger partial charge is 0.190 e. The Morgan fingerprint density at radius 1 is 0.606 bits per heavy atom. The number of rotatable bonds is 4. The second-order valence-corrected chi connectivity index (χ2v) is 10.3. The molecule has 0 amide bonds. The van der Waals surface area contributed by atoms with Gasteiger partial charge in [-0.05, 0) is 58.7 Å². The highest BCUT2D eigenvalue weighted by molar-refractivity contribution is 8.13. The summed E-state index contributed by atoms with van der Waals surface area (Å²) in [5.41, 5.74) is 5.84. The van der Waals surface area contributed by atoms with Gasteiger partial charge in [-0.3, -0.25) is 9.59 Å². The van der Waals surface area contributed by atoms with E-state index in [2.05, 4.69) is 24.3 Å². The fraction of sp³-hybridized carbons (Fsp3) is 0.0714. The molecule has 0 aliphatic carbocycles. The Hall–Kier alpha value is -3.28. The highest BCUT2D eigenvalue weighted by Gasteiger charge is 2.09. The number of benzene rings is 4. The van der Waals surface area contributed by atoms with Crippen molar-refractivity contribution in [3.05, 3.63) is 84.9 Å². The third-order valence-electron chi connectivity index (χ3n) is 5.42. The van der Waals surface area contributed by atoms with Crippen LogP contribution in [0, 0.1) is 0 Å². The largest absolute Gasteiger partial charge is 0.354 e. The molecule has 0 spiro atoms. The molecular weight excluding hydrogens is 446 g/mol. The highest BCUT2D eigenvalue weighted by atomic mass is 32.2. The first-order chi connectivity index (χ1) is 16.4. The van der Waals surface area contributed by atoms with Crippen molar-refractivity contribution >= 4 is 55.6 Å². The van der Waals surface area contributed by atoms with Crippen LogP contribution in [0.25, 0.3) is 44.1 Å². The summed E-state index contributed by atoms with van der Waals surface area (Å²) in [6, 6.07) is 28.2. The Kier molecular flexibility index (Phi) is 5.50. The maximum Gasteiger partial charge on any atom is 0.190 e. The van der Waals surface area contributed by atoms with Crippen molar-refractivity contribution < 1.29 is 11.0 Å². The highest BCUT2D eigenvalue weighted by Crippen LogP contribution is 2.33. The number of hydrogen-bond donors (Lipinski definition) is 1. The molecule has 1 N–H and O–H groups in total. The minimum atomic E-state index is 0.0677. The molecule has 0 saturated carbocycles. The van der Waals surface area contributed by atoms with E-state index in [1.54, 1.807) is 13.8 Å². The van der Waals surface area contributed by atoms with Gasteiger partial charge in [0.2, 0.25) is 0 Å². The summed E-state index contributed by atoms with van der Waals surface area (Å²) in [6.07, 6.45) is 0. The molecule has 1 aromatic heterocycles. The average Bonchev–Trinajstić information content (AvgIpc) is 3.10. The molecule has 5 heteroatoms. The predicted octanol–water partition coefficient (Wildman–Crippen LogP) is 7.93. The normalized spacial score (nSPS) is 11.6. The molecule has 5 rings (SSSR count). The fourth-order valence-electron chi connectivity index (χ4n) is 3.96. The molecule has 3 nitrogen and oxygen atoms in total. The summed E-state index contributed by atoms with van der Waals surface area (Å²) in [7, 11) is 0. The van der Waals surface area contributed by atoms with Crippen molar-refractivity contribution in [1.29, 1.82) is 0 Å². The average molecular weight is 469 g/mol. The lowest BCUT2D eigenvalue weighted by Crippen LogP contribution is -1.82. The second kappa shape index (κ2) is 8.93. The summed E-state index contributed by atoms with van der Waals surface area (Å²) < 4.78 is 8.79. The molecule has 0 radical (unpaired) electrons. The van der Waals surface area contributed by atoms with Crippen molar-refractivity contribution in [3.8, 4) is 22.3 Å². The van der Waals surface area contributed by atoms with Gasteiger partial charge in [-0.25, -0.2) is 0 Å². The number of nitrogens with one attached hydrogen (secondary N) is 1. The Morgan fingerprint density at radius 2 is 0.970 bits per heavy atom. The van der Waals surface area contributed by atoms with E-state index in [1.165, 1.54) is 28.5 Å². The van der Waals surface area contributed by atoms with Gasteiger partial charge in [-0.2, -0.15) is 0 Å². The van der Waals surface area contributed by atoms with Gasteiger partial charge in [-0.15, -0.1) is 0 Å². The van der Waals surface area contributed by atoms with Gasteiger partial charge >= 0.3 is 0 Å². The molecule has 0 aliphatic heterocycles. The molecule has 33 heavy (non-hydrogen) atoms. The number of aromatic nitrogens is 1. The second-order valence-electron chi connectivity index (χ2n) is 7.81. The van der Waals surface area contributed by atoms with Crippen molar-refractivity contribution in [2.75, 3.05) is 0 Å². The molecule has 0 unspecified atom stereocenters. The van der Waals surface area contributed by atoms with E-state index in [-0.39, 0.29) is 10.2 Å². The van der Waals surface area contributed by atoms with Crippen molar-refractivity contribution in [2.24, 2.45) is 0 Å². The Morgan fingerprint density at radius 3 is 1.33 bits per heavy atom. The van der Waals surface area contributed by atoms with Crippen LogP contribution in [0.5, 0.6) is 0 Å². The van der Waals surface area contributed by atoms with Crippen LogP contribution in [-0.2, 0) is 9.59 Å². The zero-order valence-electron chi connectivity index (χ0n) is 19.2. The summed E-state index contributed by atoms with van der Waals surface area (Å²) in [5, 5.41) is 2.21. The molecule has 0 saturated heterocycles. The summed E-state index contributed by atoms with van der Waals surface area (Å²) >= 11 is 2.45. The van der Waals surface area contributed by atoms with E-state index in [9.17, 15) is 9.59 Å². The van der Waals surface area contributed by atoms with E-state index in [4.69, 9.17) is 1.41 Å². The maximum atomic E-state index is 11.3. The van der Waals surface area contributed by atoms with Crippen LogP contribution in [0.15, 0.2) is 94.7 Å². The number of H-pyrrole nitrogens is 1. The summed E-state index contributed by atoms with van der Waals surface area (Å²) in [4.78, 5) is 26.0. The number of fused-ring (bicyclic) bond motifs is 3. The van der Waals surface area contributed by atoms with Gasteiger partial charge in [0.15, 0.2) is 11.6 Å². The quantitative estimate of drug-likeness (QED) is 0.272. The molecule has 0 fully saturated rings. The Labute approximate surface area is 202 Å². The summed E-state index contributed by atoms with van der Waals surface area (Å²) in [6.45, 7) is 3.13. The number of aromatic amines is 1. The number of carbonyl (C=O) groups excluding carboxylic acids is 2. The number of hydrogen-bond acceptors (Lipinski definition) is 4. The fourth-order valence-corrected chi connectivity index (χ4v) is 5.16. The van der Waals surface area contributed by atoms with E-state index < -0.39 is 0 Å². The van der Waals surface area contributed by atoms with E-state index >= 15 is 0 Å². The van der Waals surface area contributed by atoms with E-state index in [1.807, 2.05) is 60.7 Å². The topological polar surface area (TPSA) is 49.9 Å². The minimum absolute atomic E-state index is 0.0677. The predicted molar refractivity (Wildman–Crippen MR) is 140 cm³/mol. The molecule has 0 bridgehead atoms. The lowest BCUT2D eigenvalue weighted by atomic mass is 10.0. The Balaban J connectivity index is 1.52. The Bertz CT molecular complexity index is 1440. The van der Waals surface area contributed by atoms with Gasteiger partial charge in [-0.1, -0.05) is 72.1 Å². The number of carbonyl (C=O) groups is 2. The molecule has 1 heterocycles. The lowest BCUT2D eigenvalue weighted by Gasteiger charge is -2.04. The van der Waals surface area contributed by atoms with Crippen molar-refractivity contribution in [2.45, 2.75) is 23.6 Å². The first-order valence-electron chi connectivity index (χ1n) is 11.0. The van der Waals surface area contributed by atoms with Gasteiger partial charge in [0.1, 0.15) is 0 Å². The molecule has 4 aromatic carbocycles. The number of thioether (sulfide) groups is 2. The van der Waals surface area contributed by atoms with Gasteiger partial charge in [0, 0.05) is 45.4 Å². The molecular formula is C28H21NO2S2. The van der Waals surface area contributed by atoms with Crippen LogP contribution >= 0.6 is 23.5 Å². The van der Waals surface area contributed by atoms with Crippen LogP contribution < -0.4 is 0 Å². The lowest BCUT2D eigenvalue weighted by molar-refractivity contribution is -0.109. The molecule has 0 aliphatic rings. The minimum Gasteiger partial charge on any atom is -0.354 e. The zero-order valence-corrected chi connectivity index (χ0v) is 19.8. The molecule has 5 aromatic rings. The van der Waals surface area contributed by atoms with Crippen LogP contribution in [0.4, 0.5) is 0 Å². The molecule has 162 valence electrons. The van der Waals surface area contributed by atoms with Crippen LogP contribution in [0.3, 0.4) is 0 Å². The van der Waals surface area contributed by atoms with Crippen LogP contribution in [0.2, 0.25) is 1.41 Å². The monoisotopic (exact) mass is 468 g/mol. The van der Waals surface area contributed by atoms with Crippen LogP contribution in [0.1, 0.15) is 13.8 Å².